The van der Waals surface area contributed by atoms with Crippen molar-refractivity contribution in [3.8, 4) is 5.75 Å². The van der Waals surface area contributed by atoms with Gasteiger partial charge in [0.2, 0.25) is 5.91 Å². The Morgan fingerprint density at radius 3 is 2.78 bits per heavy atom. The Morgan fingerprint density at radius 2 is 2.06 bits per heavy atom. The molecule has 0 bridgehead atoms. The minimum atomic E-state index is -0.549. The third-order valence-electron chi connectivity index (χ3n) is 4.35. The standard InChI is InChI=1S/C22H21Cl2FN4O2S/c1-4-9-29-21(14(3)31-19-10-13(2)5-7-16(19)23)27-28-22(29)32-12-20(30)26-15-6-8-18(25)17(24)11-15/h4-8,10-11,14H,1,9,12H2,2-3H3,(H,26,30). The highest BCUT2D eigenvalue weighted by Crippen LogP contribution is 2.30. The lowest BCUT2D eigenvalue weighted by atomic mass is 10.2. The third kappa shape index (κ3) is 6.03. The van der Waals surface area contributed by atoms with Crippen molar-refractivity contribution in [1.29, 1.82) is 0 Å². The van der Waals surface area contributed by atoms with Gasteiger partial charge in [-0.3, -0.25) is 9.36 Å². The number of hydrogen-bond acceptors (Lipinski definition) is 5. The van der Waals surface area contributed by atoms with Crippen molar-refractivity contribution in [1.82, 2.24) is 14.8 Å². The molecule has 10 heteroatoms. The topological polar surface area (TPSA) is 69.0 Å². The van der Waals surface area contributed by atoms with Crippen LogP contribution in [0.15, 0.2) is 54.2 Å². The second kappa shape index (κ2) is 10.8. The van der Waals surface area contributed by atoms with E-state index in [1.165, 1.54) is 30.0 Å². The maximum Gasteiger partial charge on any atom is 0.234 e. The number of anilines is 1. The van der Waals surface area contributed by atoms with Crippen LogP contribution in [0.4, 0.5) is 10.1 Å². The van der Waals surface area contributed by atoms with Gasteiger partial charge in [-0.05, 0) is 49.7 Å². The van der Waals surface area contributed by atoms with E-state index in [1.807, 2.05) is 30.5 Å². The molecule has 6 nitrogen and oxygen atoms in total. The van der Waals surface area contributed by atoms with Crippen LogP contribution in [0.1, 0.15) is 24.4 Å². The molecule has 0 spiro atoms. The second-order valence-corrected chi connectivity index (χ2v) is 8.66. The normalized spacial score (nSPS) is 11.8. The summed E-state index contributed by atoms with van der Waals surface area (Å²) >= 11 is 13.2. The molecule has 0 saturated heterocycles. The number of ether oxygens (including phenoxy) is 1. The third-order valence-corrected chi connectivity index (χ3v) is 5.92. The lowest BCUT2D eigenvalue weighted by molar-refractivity contribution is -0.113. The molecule has 0 fully saturated rings. The molecule has 0 aliphatic carbocycles. The van der Waals surface area contributed by atoms with E-state index in [1.54, 1.807) is 12.1 Å². The number of carbonyl (C=O) groups excluding carboxylic acids is 1. The smallest absolute Gasteiger partial charge is 0.234 e. The van der Waals surface area contributed by atoms with E-state index in [0.717, 1.165) is 5.56 Å². The summed E-state index contributed by atoms with van der Waals surface area (Å²) in [6, 6.07) is 9.53. The van der Waals surface area contributed by atoms with Crippen LogP contribution in [0.25, 0.3) is 0 Å². The van der Waals surface area contributed by atoms with Crippen molar-refractivity contribution in [2.24, 2.45) is 0 Å². The molecule has 168 valence electrons. The number of hydrogen-bond donors (Lipinski definition) is 1. The predicted molar refractivity (Wildman–Crippen MR) is 126 cm³/mol. The molecule has 3 aromatic rings. The first-order chi connectivity index (χ1) is 15.3. The Kier molecular flexibility index (Phi) is 8.17. The summed E-state index contributed by atoms with van der Waals surface area (Å²) in [7, 11) is 0. The molecule has 1 N–H and O–H groups in total. The summed E-state index contributed by atoms with van der Waals surface area (Å²) in [6.45, 7) is 8.02. The van der Waals surface area contributed by atoms with Crippen LogP contribution in [0, 0.1) is 12.7 Å². The van der Waals surface area contributed by atoms with Crippen molar-refractivity contribution in [2.75, 3.05) is 11.1 Å². The van der Waals surface area contributed by atoms with Gasteiger partial charge >= 0.3 is 0 Å². The van der Waals surface area contributed by atoms with E-state index in [2.05, 4.69) is 22.1 Å². The summed E-state index contributed by atoms with van der Waals surface area (Å²) in [6.07, 6.45) is 1.27. The maximum absolute atomic E-state index is 13.3. The fraction of sp³-hybridized carbons (Fsp3) is 0.227. The van der Waals surface area contributed by atoms with Crippen molar-refractivity contribution >= 4 is 46.6 Å². The molecule has 0 aliphatic rings. The Labute approximate surface area is 199 Å². The summed E-state index contributed by atoms with van der Waals surface area (Å²) in [4.78, 5) is 12.3. The lowest BCUT2D eigenvalue weighted by Gasteiger charge is -2.17. The Balaban J connectivity index is 1.69. The number of nitrogens with zero attached hydrogens (tertiary/aromatic N) is 3. The molecule has 0 saturated carbocycles. The average Bonchev–Trinajstić information content (AvgIpc) is 3.15. The monoisotopic (exact) mass is 494 g/mol. The maximum atomic E-state index is 13.3. The molecule has 2 aromatic carbocycles. The van der Waals surface area contributed by atoms with Gasteiger partial charge in [0, 0.05) is 12.2 Å². The van der Waals surface area contributed by atoms with Crippen LogP contribution in [0.3, 0.4) is 0 Å². The van der Waals surface area contributed by atoms with E-state index in [9.17, 15) is 9.18 Å². The zero-order valence-corrected chi connectivity index (χ0v) is 19.8. The molecule has 32 heavy (non-hydrogen) atoms. The molecular weight excluding hydrogens is 474 g/mol. The van der Waals surface area contributed by atoms with Crippen LogP contribution in [-0.4, -0.2) is 26.4 Å². The minimum Gasteiger partial charge on any atom is -0.481 e. The highest BCUT2D eigenvalue weighted by Gasteiger charge is 2.20. The quantitative estimate of drug-likeness (QED) is 0.288. The second-order valence-electron chi connectivity index (χ2n) is 6.90. The molecule has 1 heterocycles. The van der Waals surface area contributed by atoms with E-state index < -0.39 is 11.9 Å². The number of carbonyl (C=O) groups is 1. The van der Waals surface area contributed by atoms with E-state index in [-0.39, 0.29) is 16.7 Å². The van der Waals surface area contributed by atoms with Gasteiger partial charge in [0.15, 0.2) is 17.1 Å². The number of benzene rings is 2. The molecule has 1 aromatic heterocycles. The number of aryl methyl sites for hydroxylation is 1. The Morgan fingerprint density at radius 1 is 1.28 bits per heavy atom. The first kappa shape index (κ1) is 24.1. The fourth-order valence-electron chi connectivity index (χ4n) is 2.85. The van der Waals surface area contributed by atoms with E-state index in [4.69, 9.17) is 27.9 Å². The van der Waals surface area contributed by atoms with Crippen molar-refractivity contribution < 1.29 is 13.9 Å². The summed E-state index contributed by atoms with van der Waals surface area (Å²) < 4.78 is 21.1. The van der Waals surface area contributed by atoms with Crippen LogP contribution in [0.2, 0.25) is 10.0 Å². The highest BCUT2D eigenvalue weighted by molar-refractivity contribution is 7.99. The van der Waals surface area contributed by atoms with Crippen LogP contribution < -0.4 is 10.1 Å². The molecule has 1 amide bonds. The van der Waals surface area contributed by atoms with Gasteiger partial charge in [-0.25, -0.2) is 4.39 Å². The number of allylic oxidation sites excluding steroid dienone is 1. The molecule has 3 rings (SSSR count). The zero-order chi connectivity index (χ0) is 23.3. The van der Waals surface area contributed by atoms with Gasteiger partial charge in [-0.15, -0.1) is 16.8 Å². The summed E-state index contributed by atoms with van der Waals surface area (Å²) in [5.41, 5.74) is 1.43. The largest absolute Gasteiger partial charge is 0.481 e. The lowest BCUT2D eigenvalue weighted by Crippen LogP contribution is -2.15. The van der Waals surface area contributed by atoms with E-state index >= 15 is 0 Å². The molecule has 0 radical (unpaired) electrons. The summed E-state index contributed by atoms with van der Waals surface area (Å²) in [5.74, 6) is 0.369. The SMILES string of the molecule is C=CCn1c(SCC(=O)Nc2ccc(F)c(Cl)c2)nnc1C(C)Oc1cc(C)ccc1Cl. The number of amides is 1. The highest BCUT2D eigenvalue weighted by atomic mass is 35.5. The predicted octanol–water partition coefficient (Wildman–Crippen LogP) is 6.09. The minimum absolute atomic E-state index is 0.0616. The van der Waals surface area contributed by atoms with E-state index in [0.29, 0.717) is 34.0 Å². The summed E-state index contributed by atoms with van der Waals surface area (Å²) in [5, 5.41) is 12.1. The molecule has 0 aliphatic heterocycles. The van der Waals surface area contributed by atoms with Crippen molar-refractivity contribution in [2.45, 2.75) is 31.7 Å². The number of aromatic nitrogens is 3. The van der Waals surface area contributed by atoms with Gasteiger partial charge in [0.25, 0.3) is 0 Å². The van der Waals surface area contributed by atoms with Crippen LogP contribution in [-0.2, 0) is 11.3 Å². The number of nitrogens with one attached hydrogen (secondary N) is 1. The van der Waals surface area contributed by atoms with Crippen molar-refractivity contribution in [3.05, 3.63) is 76.3 Å². The first-order valence-electron chi connectivity index (χ1n) is 9.63. The van der Waals surface area contributed by atoms with Gasteiger partial charge < -0.3 is 10.1 Å². The van der Waals surface area contributed by atoms with Crippen molar-refractivity contribution in [3.63, 3.8) is 0 Å². The Hall–Kier alpha value is -2.55. The molecule has 1 unspecified atom stereocenters. The average molecular weight is 495 g/mol. The molecular formula is C22H21Cl2FN4O2S. The van der Waals surface area contributed by atoms with Crippen LogP contribution in [0.5, 0.6) is 5.75 Å². The van der Waals surface area contributed by atoms with Gasteiger partial charge in [-0.2, -0.15) is 0 Å². The first-order valence-corrected chi connectivity index (χ1v) is 11.4. The van der Waals surface area contributed by atoms with Gasteiger partial charge in [-0.1, -0.05) is 47.1 Å². The molecule has 1 atom stereocenters. The van der Waals surface area contributed by atoms with Crippen LogP contribution >= 0.6 is 35.0 Å². The van der Waals surface area contributed by atoms with Gasteiger partial charge in [0.1, 0.15) is 11.6 Å². The Bertz CT molecular complexity index is 1140. The fourth-order valence-corrected chi connectivity index (χ4v) is 3.95. The zero-order valence-electron chi connectivity index (χ0n) is 17.4. The number of rotatable bonds is 9. The number of thioether (sulfide) groups is 1. The number of halogens is 3. The van der Waals surface area contributed by atoms with Gasteiger partial charge in [0.05, 0.1) is 15.8 Å².